The van der Waals surface area contributed by atoms with Crippen LogP contribution in [0, 0.1) is 28.4 Å². The van der Waals surface area contributed by atoms with Gasteiger partial charge in [0, 0.05) is 6.07 Å². The molecule has 0 bridgehead atoms. The molecular formula is C10H9N2O2. The van der Waals surface area contributed by atoms with Crippen LogP contribution < -0.4 is 0 Å². The van der Waals surface area contributed by atoms with Gasteiger partial charge in [0.25, 0.3) is 5.69 Å². The number of nitro groups is 1. The summed E-state index contributed by atoms with van der Waals surface area (Å²) in [5.74, 6) is -0.0264. The Morgan fingerprint density at radius 3 is 2.71 bits per heavy atom. The molecule has 0 N–H and O–H groups in total. The average molecular weight is 189 g/mol. The summed E-state index contributed by atoms with van der Waals surface area (Å²) in [6.45, 7) is 5.60. The molecule has 0 amide bonds. The Morgan fingerprint density at radius 2 is 2.29 bits per heavy atom. The van der Waals surface area contributed by atoms with E-state index in [1.807, 2.05) is 6.92 Å². The third kappa shape index (κ3) is 1.88. The lowest BCUT2D eigenvalue weighted by Crippen LogP contribution is -1.95. The third-order valence-electron chi connectivity index (χ3n) is 1.91. The molecule has 0 aliphatic rings. The summed E-state index contributed by atoms with van der Waals surface area (Å²) < 4.78 is 0. The number of hydrogen-bond donors (Lipinski definition) is 0. The number of rotatable bonds is 2. The minimum absolute atomic E-state index is 0.0264. The van der Waals surface area contributed by atoms with Crippen LogP contribution in [-0.2, 0) is 0 Å². The zero-order valence-electron chi connectivity index (χ0n) is 7.73. The van der Waals surface area contributed by atoms with Crippen LogP contribution in [-0.4, -0.2) is 4.92 Å². The summed E-state index contributed by atoms with van der Waals surface area (Å²) in [6.07, 6.45) is 0. The molecule has 4 nitrogen and oxygen atoms in total. The quantitative estimate of drug-likeness (QED) is 0.530. The highest BCUT2D eigenvalue weighted by Crippen LogP contribution is 2.23. The summed E-state index contributed by atoms with van der Waals surface area (Å²) in [5, 5.41) is 19.2. The monoisotopic (exact) mass is 189 g/mol. The fraction of sp³-hybridized carbons (Fsp3) is 0.200. The predicted molar refractivity (Wildman–Crippen MR) is 51.6 cm³/mol. The van der Waals surface area contributed by atoms with E-state index < -0.39 is 4.92 Å². The number of nitriles is 1. The van der Waals surface area contributed by atoms with E-state index in [1.165, 1.54) is 12.1 Å². The van der Waals surface area contributed by atoms with E-state index in [4.69, 9.17) is 5.26 Å². The van der Waals surface area contributed by atoms with Crippen molar-refractivity contribution >= 4 is 5.69 Å². The lowest BCUT2D eigenvalue weighted by atomic mass is 10.0. The second kappa shape index (κ2) is 3.88. The standard InChI is InChI=1S/C10H9N2O2/c1-7(2)8-3-4-9(6-11)10(5-8)12(13)14/h3-5,7H,1H2,2H3. The van der Waals surface area contributed by atoms with Gasteiger partial charge >= 0.3 is 0 Å². The van der Waals surface area contributed by atoms with E-state index in [-0.39, 0.29) is 17.2 Å². The normalized spacial score (nSPS) is 9.86. The summed E-state index contributed by atoms with van der Waals surface area (Å²) >= 11 is 0. The molecule has 4 heteroatoms. The Hall–Kier alpha value is -1.89. The smallest absolute Gasteiger partial charge is 0.258 e. The summed E-state index contributed by atoms with van der Waals surface area (Å²) in [6, 6.07) is 6.32. The number of benzene rings is 1. The van der Waals surface area contributed by atoms with Crippen molar-refractivity contribution in [3.8, 4) is 6.07 Å². The van der Waals surface area contributed by atoms with E-state index in [2.05, 4.69) is 6.92 Å². The van der Waals surface area contributed by atoms with Gasteiger partial charge in [0.1, 0.15) is 11.6 Å². The molecule has 0 fully saturated rings. The molecule has 0 heterocycles. The predicted octanol–water partition coefficient (Wildman–Crippen LogP) is 2.40. The molecule has 0 saturated heterocycles. The first-order valence-corrected chi connectivity index (χ1v) is 4.07. The summed E-state index contributed by atoms with van der Waals surface area (Å²) in [7, 11) is 0. The molecule has 0 spiro atoms. The first-order valence-electron chi connectivity index (χ1n) is 4.07. The number of hydrogen-bond acceptors (Lipinski definition) is 3. The molecule has 0 aliphatic heterocycles. The minimum Gasteiger partial charge on any atom is -0.258 e. The van der Waals surface area contributed by atoms with E-state index in [1.54, 1.807) is 12.1 Å². The Labute approximate surface area is 81.9 Å². The highest BCUT2D eigenvalue weighted by Gasteiger charge is 2.14. The molecule has 1 aromatic rings. The third-order valence-corrected chi connectivity index (χ3v) is 1.91. The molecule has 0 saturated carbocycles. The van der Waals surface area contributed by atoms with Crippen molar-refractivity contribution in [2.45, 2.75) is 12.8 Å². The van der Waals surface area contributed by atoms with E-state index in [0.717, 1.165) is 5.56 Å². The van der Waals surface area contributed by atoms with Gasteiger partial charge in [-0.25, -0.2) is 0 Å². The Bertz CT molecular complexity index is 405. The van der Waals surface area contributed by atoms with E-state index >= 15 is 0 Å². The van der Waals surface area contributed by atoms with Crippen LogP contribution in [0.3, 0.4) is 0 Å². The molecule has 1 radical (unpaired) electrons. The molecule has 14 heavy (non-hydrogen) atoms. The van der Waals surface area contributed by atoms with Crippen LogP contribution in [0.15, 0.2) is 18.2 Å². The highest BCUT2D eigenvalue weighted by molar-refractivity contribution is 5.51. The molecule has 0 aromatic heterocycles. The van der Waals surface area contributed by atoms with Gasteiger partial charge < -0.3 is 0 Å². The second-order valence-electron chi connectivity index (χ2n) is 3.05. The van der Waals surface area contributed by atoms with Crippen LogP contribution in [0.5, 0.6) is 0 Å². The van der Waals surface area contributed by atoms with Crippen LogP contribution in [0.1, 0.15) is 24.0 Å². The summed E-state index contributed by atoms with van der Waals surface area (Å²) in [5.41, 5.74) is 0.690. The molecule has 1 unspecified atom stereocenters. The molecule has 1 atom stereocenters. The lowest BCUT2D eigenvalue weighted by Gasteiger charge is -2.04. The van der Waals surface area contributed by atoms with Crippen molar-refractivity contribution in [1.29, 1.82) is 5.26 Å². The fourth-order valence-electron chi connectivity index (χ4n) is 1.10. The van der Waals surface area contributed by atoms with Gasteiger partial charge in [-0.2, -0.15) is 5.26 Å². The van der Waals surface area contributed by atoms with Crippen LogP contribution in [0.25, 0.3) is 0 Å². The maximum Gasteiger partial charge on any atom is 0.287 e. The van der Waals surface area contributed by atoms with Gasteiger partial charge in [0.15, 0.2) is 0 Å². The van der Waals surface area contributed by atoms with E-state index in [9.17, 15) is 10.1 Å². The van der Waals surface area contributed by atoms with Crippen molar-refractivity contribution < 1.29 is 4.92 Å². The van der Waals surface area contributed by atoms with Crippen molar-refractivity contribution in [3.63, 3.8) is 0 Å². The molecule has 0 aliphatic carbocycles. The average Bonchev–Trinajstić information content (AvgIpc) is 2.16. The molecular weight excluding hydrogens is 180 g/mol. The summed E-state index contributed by atoms with van der Waals surface area (Å²) in [4.78, 5) is 10.0. The van der Waals surface area contributed by atoms with Gasteiger partial charge in [0.05, 0.1) is 4.92 Å². The van der Waals surface area contributed by atoms with Gasteiger partial charge in [-0.3, -0.25) is 10.1 Å². The highest BCUT2D eigenvalue weighted by atomic mass is 16.6. The zero-order chi connectivity index (χ0) is 10.7. The van der Waals surface area contributed by atoms with Gasteiger partial charge in [-0.1, -0.05) is 13.0 Å². The molecule has 1 rings (SSSR count). The first-order chi connectivity index (χ1) is 6.56. The van der Waals surface area contributed by atoms with Crippen LogP contribution in [0.2, 0.25) is 0 Å². The second-order valence-corrected chi connectivity index (χ2v) is 3.05. The zero-order valence-corrected chi connectivity index (χ0v) is 7.73. The van der Waals surface area contributed by atoms with Gasteiger partial charge in [-0.05, 0) is 24.5 Å². The number of nitrogens with zero attached hydrogens (tertiary/aromatic N) is 2. The minimum atomic E-state index is -0.551. The molecule has 1 aromatic carbocycles. The molecule has 71 valence electrons. The van der Waals surface area contributed by atoms with Crippen molar-refractivity contribution in [2.24, 2.45) is 0 Å². The number of nitro benzene ring substituents is 1. The maximum absolute atomic E-state index is 10.6. The van der Waals surface area contributed by atoms with Crippen LogP contribution >= 0.6 is 0 Å². The fourth-order valence-corrected chi connectivity index (χ4v) is 1.10. The van der Waals surface area contributed by atoms with Gasteiger partial charge in [-0.15, -0.1) is 0 Å². The van der Waals surface area contributed by atoms with E-state index in [0.29, 0.717) is 0 Å². The van der Waals surface area contributed by atoms with Crippen molar-refractivity contribution in [2.75, 3.05) is 0 Å². The van der Waals surface area contributed by atoms with Crippen molar-refractivity contribution in [1.82, 2.24) is 0 Å². The first kappa shape index (κ1) is 10.2. The van der Waals surface area contributed by atoms with Crippen LogP contribution in [0.4, 0.5) is 5.69 Å². The van der Waals surface area contributed by atoms with Gasteiger partial charge in [0.2, 0.25) is 0 Å². The Kier molecular flexibility index (Phi) is 2.82. The Balaban J connectivity index is 3.30. The van der Waals surface area contributed by atoms with Crippen molar-refractivity contribution in [3.05, 3.63) is 46.4 Å². The maximum atomic E-state index is 10.6. The topological polar surface area (TPSA) is 66.9 Å². The Morgan fingerprint density at radius 1 is 1.64 bits per heavy atom. The largest absolute Gasteiger partial charge is 0.287 e. The lowest BCUT2D eigenvalue weighted by molar-refractivity contribution is -0.385. The SMILES string of the molecule is [CH2]C(C)c1ccc(C#N)c([N+](=O)[O-])c1.